The third kappa shape index (κ3) is 3.51. The lowest BCUT2D eigenvalue weighted by Crippen LogP contribution is -2.47. The van der Waals surface area contributed by atoms with Crippen LogP contribution in [-0.4, -0.2) is 30.0 Å². The number of aromatic amines is 1. The van der Waals surface area contributed by atoms with Gasteiger partial charge in [-0.2, -0.15) is 0 Å². The van der Waals surface area contributed by atoms with Crippen molar-refractivity contribution in [1.29, 1.82) is 0 Å². The van der Waals surface area contributed by atoms with Gasteiger partial charge in [0.1, 0.15) is 11.3 Å². The molecule has 1 aromatic carbocycles. The fourth-order valence-corrected chi connectivity index (χ4v) is 2.20. The fourth-order valence-electron chi connectivity index (χ4n) is 2.20. The molecule has 1 atom stereocenters. The van der Waals surface area contributed by atoms with E-state index in [9.17, 15) is 18.0 Å². The quantitative estimate of drug-likeness (QED) is 0.850. The molecule has 2 rings (SSSR count). The lowest BCUT2D eigenvalue weighted by Gasteiger charge is -2.21. The number of carbonyl (C=O) groups excluding carboxylic acids is 1. The topological polar surface area (TPSA) is 77.3 Å². The molecule has 0 bridgehead atoms. The normalized spacial score (nSPS) is 14.6. The number of alkyl halides is 3. The van der Waals surface area contributed by atoms with Crippen LogP contribution < -0.4 is 10.5 Å². The lowest BCUT2D eigenvalue weighted by atomic mass is 9.94. The Bertz CT molecular complexity index is 692. The number of esters is 1. The van der Waals surface area contributed by atoms with Crippen LogP contribution in [0.15, 0.2) is 24.4 Å². The van der Waals surface area contributed by atoms with Gasteiger partial charge in [-0.3, -0.25) is 4.79 Å². The maximum atomic E-state index is 12.3. The molecule has 0 radical (unpaired) electrons. The maximum Gasteiger partial charge on any atom is 0.573 e. The predicted octanol–water partition coefficient (Wildman–Crippen LogP) is 2.50. The van der Waals surface area contributed by atoms with E-state index >= 15 is 0 Å². The van der Waals surface area contributed by atoms with Crippen LogP contribution in [0.5, 0.6) is 5.75 Å². The first-order valence-electron chi connectivity index (χ1n) is 6.35. The van der Waals surface area contributed by atoms with E-state index in [0.29, 0.717) is 16.5 Å². The average Bonchev–Trinajstić information content (AvgIpc) is 2.78. The first-order chi connectivity index (χ1) is 10.1. The van der Waals surface area contributed by atoms with Crippen molar-refractivity contribution in [2.45, 2.75) is 25.2 Å². The molecular weight excluding hydrogens is 301 g/mol. The standard InChI is InChI=1S/C14H15F3N2O3/c1-13(18,12(20)21-2)6-8-7-19-11-4-3-9(5-10(8)11)22-14(15,16)17/h3-5,7,19H,6,18H2,1-2H3. The molecule has 0 spiro atoms. The van der Waals surface area contributed by atoms with Crippen molar-refractivity contribution >= 4 is 16.9 Å². The van der Waals surface area contributed by atoms with Crippen LogP contribution in [0.3, 0.4) is 0 Å². The van der Waals surface area contributed by atoms with Crippen LogP contribution in [0.25, 0.3) is 10.9 Å². The molecule has 5 nitrogen and oxygen atoms in total. The summed E-state index contributed by atoms with van der Waals surface area (Å²) in [5, 5.41) is 0.502. The van der Waals surface area contributed by atoms with E-state index in [2.05, 4.69) is 14.5 Å². The van der Waals surface area contributed by atoms with Gasteiger partial charge in [0.2, 0.25) is 0 Å². The fraction of sp³-hybridized carbons (Fsp3) is 0.357. The molecule has 3 N–H and O–H groups in total. The van der Waals surface area contributed by atoms with Crippen LogP contribution in [0.1, 0.15) is 12.5 Å². The van der Waals surface area contributed by atoms with Gasteiger partial charge in [0.15, 0.2) is 0 Å². The van der Waals surface area contributed by atoms with E-state index in [1.54, 1.807) is 6.20 Å². The molecule has 0 aliphatic heterocycles. The Hall–Kier alpha value is -2.22. The van der Waals surface area contributed by atoms with Crippen LogP contribution in [-0.2, 0) is 16.0 Å². The van der Waals surface area contributed by atoms with E-state index in [4.69, 9.17) is 5.73 Å². The number of benzene rings is 1. The summed E-state index contributed by atoms with van der Waals surface area (Å²) in [5.74, 6) is -0.942. The monoisotopic (exact) mass is 316 g/mol. The number of nitrogens with two attached hydrogens (primary N) is 1. The number of nitrogens with one attached hydrogen (secondary N) is 1. The molecule has 0 aliphatic rings. The zero-order chi connectivity index (χ0) is 16.5. The predicted molar refractivity (Wildman–Crippen MR) is 73.3 cm³/mol. The van der Waals surface area contributed by atoms with Crippen molar-refractivity contribution in [1.82, 2.24) is 4.98 Å². The molecule has 8 heteroatoms. The van der Waals surface area contributed by atoms with Gasteiger partial charge in [0.05, 0.1) is 7.11 Å². The Morgan fingerprint density at radius 3 is 2.64 bits per heavy atom. The Labute approximate surface area is 124 Å². The summed E-state index contributed by atoms with van der Waals surface area (Å²) in [6.45, 7) is 1.49. The third-order valence-corrected chi connectivity index (χ3v) is 3.18. The lowest BCUT2D eigenvalue weighted by molar-refractivity contribution is -0.274. The summed E-state index contributed by atoms with van der Waals surface area (Å²) in [7, 11) is 1.22. The SMILES string of the molecule is COC(=O)C(C)(N)Cc1c[nH]c2ccc(OC(F)(F)F)cc12. The van der Waals surface area contributed by atoms with Crippen molar-refractivity contribution in [2.75, 3.05) is 7.11 Å². The van der Waals surface area contributed by atoms with Crippen LogP contribution in [0.2, 0.25) is 0 Å². The Morgan fingerprint density at radius 1 is 1.36 bits per heavy atom. The van der Waals surface area contributed by atoms with Gasteiger partial charge in [0, 0.05) is 23.5 Å². The molecular formula is C14H15F3N2O3. The highest BCUT2D eigenvalue weighted by molar-refractivity contribution is 5.87. The summed E-state index contributed by atoms with van der Waals surface area (Å²) in [5.41, 5.74) is 5.82. The Kier molecular flexibility index (Phi) is 4.06. The van der Waals surface area contributed by atoms with Gasteiger partial charge in [-0.1, -0.05) is 0 Å². The van der Waals surface area contributed by atoms with Crippen molar-refractivity contribution < 1.29 is 27.4 Å². The summed E-state index contributed by atoms with van der Waals surface area (Å²) in [4.78, 5) is 14.5. The van der Waals surface area contributed by atoms with Crippen LogP contribution >= 0.6 is 0 Å². The van der Waals surface area contributed by atoms with Crippen LogP contribution in [0.4, 0.5) is 13.2 Å². The van der Waals surface area contributed by atoms with Crippen molar-refractivity contribution in [3.8, 4) is 5.75 Å². The van der Waals surface area contributed by atoms with Crippen molar-refractivity contribution in [3.63, 3.8) is 0 Å². The number of halogens is 3. The molecule has 0 fully saturated rings. The van der Waals surface area contributed by atoms with Gasteiger partial charge in [-0.15, -0.1) is 13.2 Å². The molecule has 2 aromatic rings. The van der Waals surface area contributed by atoms with Gasteiger partial charge in [-0.05, 0) is 30.7 Å². The Morgan fingerprint density at radius 2 is 2.05 bits per heavy atom. The molecule has 0 amide bonds. The zero-order valence-corrected chi connectivity index (χ0v) is 12.0. The first kappa shape index (κ1) is 16.2. The highest BCUT2D eigenvalue weighted by atomic mass is 19.4. The minimum absolute atomic E-state index is 0.106. The van der Waals surface area contributed by atoms with E-state index in [-0.39, 0.29) is 12.2 Å². The van der Waals surface area contributed by atoms with E-state index in [1.165, 1.54) is 32.2 Å². The number of aromatic nitrogens is 1. The minimum atomic E-state index is -4.77. The summed E-state index contributed by atoms with van der Waals surface area (Å²) >= 11 is 0. The maximum absolute atomic E-state index is 12.3. The smallest absolute Gasteiger partial charge is 0.468 e. The molecule has 0 saturated carbocycles. The number of hydrogen-bond acceptors (Lipinski definition) is 4. The van der Waals surface area contributed by atoms with Gasteiger partial charge >= 0.3 is 12.3 Å². The highest BCUT2D eigenvalue weighted by Gasteiger charge is 2.32. The number of carbonyl (C=O) groups is 1. The Balaban J connectivity index is 2.35. The summed E-state index contributed by atoms with van der Waals surface area (Å²) in [6, 6.07) is 3.92. The minimum Gasteiger partial charge on any atom is -0.468 e. The van der Waals surface area contributed by atoms with Crippen molar-refractivity contribution in [3.05, 3.63) is 30.0 Å². The van der Waals surface area contributed by atoms with Gasteiger partial charge in [-0.25, -0.2) is 0 Å². The molecule has 22 heavy (non-hydrogen) atoms. The highest BCUT2D eigenvalue weighted by Crippen LogP contribution is 2.29. The van der Waals surface area contributed by atoms with Gasteiger partial charge < -0.3 is 20.2 Å². The average molecular weight is 316 g/mol. The molecule has 0 aliphatic carbocycles. The molecule has 1 heterocycles. The van der Waals surface area contributed by atoms with E-state index < -0.39 is 17.9 Å². The van der Waals surface area contributed by atoms with E-state index in [1.807, 2.05) is 0 Å². The second-order valence-electron chi connectivity index (χ2n) is 5.15. The second kappa shape index (κ2) is 5.53. The zero-order valence-electron chi connectivity index (χ0n) is 12.0. The van der Waals surface area contributed by atoms with Gasteiger partial charge in [0.25, 0.3) is 0 Å². The van der Waals surface area contributed by atoms with Crippen molar-refractivity contribution in [2.24, 2.45) is 5.73 Å². The molecule has 0 saturated heterocycles. The molecule has 1 aromatic heterocycles. The number of methoxy groups -OCH3 is 1. The largest absolute Gasteiger partial charge is 0.573 e. The second-order valence-corrected chi connectivity index (χ2v) is 5.15. The number of hydrogen-bond donors (Lipinski definition) is 2. The number of ether oxygens (including phenoxy) is 2. The summed E-state index contributed by atoms with van der Waals surface area (Å²) in [6.07, 6.45) is -3.07. The van der Waals surface area contributed by atoms with E-state index in [0.717, 1.165) is 0 Å². The molecule has 120 valence electrons. The number of H-pyrrole nitrogens is 1. The third-order valence-electron chi connectivity index (χ3n) is 3.18. The first-order valence-corrected chi connectivity index (χ1v) is 6.35. The van der Waals surface area contributed by atoms with Crippen LogP contribution in [0, 0.1) is 0 Å². The number of rotatable bonds is 4. The summed E-state index contributed by atoms with van der Waals surface area (Å²) < 4.78 is 45.4. The number of fused-ring (bicyclic) bond motifs is 1. The molecule has 1 unspecified atom stereocenters.